The number of nitrogens with one attached hydrogen (secondary N) is 1. The molecule has 0 fully saturated rings. The molecule has 0 bridgehead atoms. The maximum atomic E-state index is 12.1. The molecule has 5 nitrogen and oxygen atoms in total. The van der Waals surface area contributed by atoms with Crippen molar-refractivity contribution >= 4 is 37.5 Å². The van der Waals surface area contributed by atoms with Gasteiger partial charge in [-0.25, -0.2) is 13.4 Å². The third-order valence-corrected chi connectivity index (χ3v) is 5.70. The molecule has 0 aliphatic carbocycles. The molecule has 1 aromatic heterocycles. The third-order valence-electron chi connectivity index (χ3n) is 2.33. The van der Waals surface area contributed by atoms with Crippen molar-refractivity contribution in [1.29, 1.82) is 0 Å². The Kier molecular flexibility index (Phi) is 4.64. The summed E-state index contributed by atoms with van der Waals surface area (Å²) >= 11 is 4.60. The molecule has 0 saturated heterocycles. The van der Waals surface area contributed by atoms with Crippen LogP contribution in [-0.2, 0) is 9.84 Å². The average molecular weight is 362 g/mol. The van der Waals surface area contributed by atoms with E-state index in [0.29, 0.717) is 15.8 Å². The molecular weight excluding hydrogens is 350 g/mol. The predicted octanol–water partition coefficient (Wildman–Crippen LogP) is 2.44. The minimum absolute atomic E-state index is 0.0624. The average Bonchev–Trinajstić information content (AvgIpc) is 2.75. The maximum Gasteiger partial charge on any atom is 0.208 e. The molecule has 0 saturated carbocycles. The number of hydrogen-bond acceptors (Lipinski definition) is 5. The van der Waals surface area contributed by atoms with Gasteiger partial charge < -0.3 is 0 Å². The molecular formula is C11H12BrN3O2S2. The highest BCUT2D eigenvalue weighted by molar-refractivity contribution is 9.10. The highest BCUT2D eigenvalue weighted by Gasteiger charge is 2.14. The summed E-state index contributed by atoms with van der Waals surface area (Å²) in [6.07, 6.45) is 0. The van der Waals surface area contributed by atoms with Gasteiger partial charge in [0.05, 0.1) is 10.6 Å². The molecule has 1 N–H and O–H groups in total. The monoisotopic (exact) mass is 361 g/mol. The Morgan fingerprint density at radius 3 is 2.58 bits per heavy atom. The number of thioether (sulfide) groups is 1. The van der Waals surface area contributed by atoms with Crippen LogP contribution in [0.25, 0.3) is 0 Å². The van der Waals surface area contributed by atoms with Crippen LogP contribution in [0.15, 0.2) is 38.8 Å². The Labute approximate surface area is 124 Å². The number of aryl methyl sites for hydroxylation is 1. The first-order valence-corrected chi connectivity index (χ1v) is 8.90. The topological polar surface area (TPSA) is 75.7 Å². The summed E-state index contributed by atoms with van der Waals surface area (Å²) in [5.41, 5.74) is 0. The first-order chi connectivity index (χ1) is 8.97. The Morgan fingerprint density at radius 2 is 2.00 bits per heavy atom. The van der Waals surface area contributed by atoms with Crippen molar-refractivity contribution in [2.24, 2.45) is 0 Å². The minimum Gasteiger partial charge on any atom is -0.262 e. The first-order valence-electron chi connectivity index (χ1n) is 5.47. The van der Waals surface area contributed by atoms with Crippen LogP contribution in [0.3, 0.4) is 0 Å². The smallest absolute Gasteiger partial charge is 0.208 e. The SMILES string of the molecule is Cc1nc(SCCS(=O)(=O)c2ccc(Br)cc2)n[nH]1. The van der Waals surface area contributed by atoms with Crippen molar-refractivity contribution < 1.29 is 8.42 Å². The van der Waals surface area contributed by atoms with Crippen molar-refractivity contribution in [3.8, 4) is 0 Å². The standard InChI is InChI=1S/C11H12BrN3O2S2/c1-8-13-11(15-14-8)18-6-7-19(16,17)10-4-2-9(12)3-5-10/h2-5H,6-7H2,1H3,(H,13,14,15). The van der Waals surface area contributed by atoms with Crippen molar-refractivity contribution in [2.45, 2.75) is 17.0 Å². The number of aromatic amines is 1. The summed E-state index contributed by atoms with van der Waals surface area (Å²) in [5, 5.41) is 7.24. The molecule has 1 aromatic carbocycles. The summed E-state index contributed by atoms with van der Waals surface area (Å²) in [6.45, 7) is 1.80. The van der Waals surface area contributed by atoms with Crippen LogP contribution in [-0.4, -0.2) is 35.1 Å². The lowest BCUT2D eigenvalue weighted by molar-refractivity contribution is 0.597. The molecule has 1 heterocycles. The number of sulfone groups is 1. The molecule has 0 spiro atoms. The largest absolute Gasteiger partial charge is 0.262 e. The fourth-order valence-electron chi connectivity index (χ4n) is 1.39. The number of halogens is 1. The lowest BCUT2D eigenvalue weighted by Gasteiger charge is -2.03. The van der Waals surface area contributed by atoms with Crippen molar-refractivity contribution in [2.75, 3.05) is 11.5 Å². The molecule has 102 valence electrons. The normalized spacial score (nSPS) is 11.7. The van der Waals surface area contributed by atoms with Gasteiger partial charge in [0.15, 0.2) is 9.84 Å². The van der Waals surface area contributed by atoms with Gasteiger partial charge in [0, 0.05) is 10.2 Å². The van der Waals surface area contributed by atoms with E-state index in [4.69, 9.17) is 0 Å². The second-order valence-electron chi connectivity index (χ2n) is 3.82. The van der Waals surface area contributed by atoms with Crippen LogP contribution in [0.4, 0.5) is 0 Å². The summed E-state index contributed by atoms with van der Waals surface area (Å²) in [4.78, 5) is 4.45. The molecule has 0 atom stereocenters. The molecule has 19 heavy (non-hydrogen) atoms. The summed E-state index contributed by atoms with van der Waals surface area (Å²) in [5.74, 6) is 1.21. The Balaban J connectivity index is 1.96. The van der Waals surface area contributed by atoms with Crippen molar-refractivity contribution in [3.05, 3.63) is 34.6 Å². The summed E-state index contributed by atoms with van der Waals surface area (Å²) in [7, 11) is -3.25. The zero-order valence-electron chi connectivity index (χ0n) is 10.1. The maximum absolute atomic E-state index is 12.1. The van der Waals surface area contributed by atoms with E-state index < -0.39 is 9.84 Å². The fraction of sp³-hybridized carbons (Fsp3) is 0.273. The number of aromatic nitrogens is 3. The number of H-pyrrole nitrogens is 1. The minimum atomic E-state index is -3.25. The number of hydrogen-bond donors (Lipinski definition) is 1. The van der Waals surface area contributed by atoms with E-state index in [1.54, 1.807) is 31.2 Å². The molecule has 0 unspecified atom stereocenters. The first kappa shape index (κ1) is 14.5. The van der Waals surface area contributed by atoms with E-state index in [-0.39, 0.29) is 5.75 Å². The molecule has 8 heteroatoms. The number of benzene rings is 1. The molecule has 0 aliphatic heterocycles. The van der Waals surface area contributed by atoms with Gasteiger partial charge >= 0.3 is 0 Å². The van der Waals surface area contributed by atoms with Gasteiger partial charge in [-0.05, 0) is 31.2 Å². The highest BCUT2D eigenvalue weighted by Crippen LogP contribution is 2.18. The van der Waals surface area contributed by atoms with Gasteiger partial charge in [-0.15, -0.1) is 5.10 Å². The van der Waals surface area contributed by atoms with Gasteiger partial charge in [-0.1, -0.05) is 27.7 Å². The summed E-state index contributed by atoms with van der Waals surface area (Å²) < 4.78 is 25.0. The van der Waals surface area contributed by atoms with E-state index in [0.717, 1.165) is 10.3 Å². The van der Waals surface area contributed by atoms with Crippen LogP contribution in [0.5, 0.6) is 0 Å². The second kappa shape index (κ2) is 6.06. The molecule has 2 aromatic rings. The zero-order valence-corrected chi connectivity index (χ0v) is 13.3. The quantitative estimate of drug-likeness (QED) is 0.827. The van der Waals surface area contributed by atoms with Gasteiger partial charge in [0.1, 0.15) is 5.82 Å². The number of rotatable bonds is 5. The van der Waals surface area contributed by atoms with Crippen LogP contribution in [0.2, 0.25) is 0 Å². The lowest BCUT2D eigenvalue weighted by Crippen LogP contribution is -2.08. The van der Waals surface area contributed by atoms with Crippen molar-refractivity contribution in [1.82, 2.24) is 15.2 Å². The van der Waals surface area contributed by atoms with Crippen molar-refractivity contribution in [3.63, 3.8) is 0 Å². The van der Waals surface area contributed by atoms with Gasteiger partial charge in [-0.3, -0.25) is 5.10 Å². The number of nitrogens with zero attached hydrogens (tertiary/aromatic N) is 2. The molecule has 0 radical (unpaired) electrons. The van der Waals surface area contributed by atoms with Gasteiger partial charge in [0.2, 0.25) is 5.16 Å². The fourth-order valence-corrected chi connectivity index (χ4v) is 4.15. The summed E-state index contributed by atoms with van der Waals surface area (Å²) in [6, 6.07) is 6.64. The molecule has 2 rings (SSSR count). The predicted molar refractivity (Wildman–Crippen MR) is 78.0 cm³/mol. The van der Waals surface area contributed by atoms with Gasteiger partial charge in [0.25, 0.3) is 0 Å². The van der Waals surface area contributed by atoms with Crippen LogP contribution < -0.4 is 0 Å². The van der Waals surface area contributed by atoms with E-state index in [9.17, 15) is 8.42 Å². The second-order valence-corrected chi connectivity index (χ2v) is 7.91. The Bertz CT molecular complexity index is 653. The van der Waals surface area contributed by atoms with Crippen LogP contribution in [0, 0.1) is 6.92 Å². The van der Waals surface area contributed by atoms with E-state index >= 15 is 0 Å². The Morgan fingerprint density at radius 1 is 1.32 bits per heavy atom. The van der Waals surface area contributed by atoms with E-state index in [1.165, 1.54) is 11.8 Å². The Hall–Kier alpha value is -0.860. The van der Waals surface area contributed by atoms with Gasteiger partial charge in [-0.2, -0.15) is 0 Å². The zero-order chi connectivity index (χ0) is 13.9. The van der Waals surface area contributed by atoms with E-state index in [1.807, 2.05) is 0 Å². The highest BCUT2D eigenvalue weighted by atomic mass is 79.9. The third kappa shape index (κ3) is 4.05. The van der Waals surface area contributed by atoms with Crippen LogP contribution >= 0.6 is 27.7 Å². The lowest BCUT2D eigenvalue weighted by atomic mass is 10.4. The van der Waals surface area contributed by atoms with Crippen LogP contribution in [0.1, 0.15) is 5.82 Å². The molecule has 0 aliphatic rings. The van der Waals surface area contributed by atoms with E-state index in [2.05, 4.69) is 31.1 Å². The molecule has 0 amide bonds.